The smallest absolute Gasteiger partial charge is 0.270 e. The van der Waals surface area contributed by atoms with Crippen molar-refractivity contribution in [3.05, 3.63) is 77.0 Å². The number of nitrogens with one attached hydrogen (secondary N) is 1. The first kappa shape index (κ1) is 19.0. The molecule has 1 N–H and O–H groups in total. The van der Waals surface area contributed by atoms with Crippen molar-refractivity contribution in [2.75, 3.05) is 0 Å². The Hall–Kier alpha value is -4.01. The lowest BCUT2D eigenvalue weighted by Crippen LogP contribution is -2.34. The number of hydrogen-bond acceptors (Lipinski definition) is 7. The molecule has 1 atom stereocenters. The minimum Gasteiger partial charge on any atom is -0.341 e. The number of hydrogen-bond donors (Lipinski definition) is 1. The Labute approximate surface area is 177 Å². The number of carbonyl (C=O) groups is 1. The van der Waals surface area contributed by atoms with Crippen LogP contribution in [0.4, 0.5) is 0 Å². The average molecular weight is 413 g/mol. The van der Waals surface area contributed by atoms with E-state index in [2.05, 4.69) is 25.3 Å². The highest BCUT2D eigenvalue weighted by molar-refractivity contribution is 5.94. The van der Waals surface area contributed by atoms with Gasteiger partial charge in [-0.3, -0.25) is 19.1 Å². The van der Waals surface area contributed by atoms with Gasteiger partial charge in [-0.2, -0.15) is 0 Å². The van der Waals surface area contributed by atoms with E-state index in [0.29, 0.717) is 41.4 Å². The summed E-state index contributed by atoms with van der Waals surface area (Å²) < 4.78 is 1.64. The van der Waals surface area contributed by atoms with Crippen LogP contribution in [-0.4, -0.2) is 35.4 Å². The predicted octanol–water partition coefficient (Wildman–Crippen LogP) is 2.30. The van der Waals surface area contributed by atoms with E-state index in [-0.39, 0.29) is 11.5 Å². The van der Waals surface area contributed by atoms with E-state index in [9.17, 15) is 9.59 Å². The first-order valence-electron chi connectivity index (χ1n) is 10.1. The van der Waals surface area contributed by atoms with Crippen molar-refractivity contribution in [1.29, 1.82) is 0 Å². The Morgan fingerprint density at radius 3 is 2.81 bits per heavy atom. The summed E-state index contributed by atoms with van der Waals surface area (Å²) in [6, 6.07) is 9.80. The van der Waals surface area contributed by atoms with Gasteiger partial charge in [-0.1, -0.05) is 0 Å². The molecule has 9 heteroatoms. The Balaban J connectivity index is 1.50. The van der Waals surface area contributed by atoms with Gasteiger partial charge in [-0.25, -0.2) is 19.9 Å². The van der Waals surface area contributed by atoms with Crippen LogP contribution in [0.15, 0.2) is 59.9 Å². The molecule has 0 bridgehead atoms. The molecule has 0 spiro atoms. The fourth-order valence-electron chi connectivity index (χ4n) is 3.79. The summed E-state index contributed by atoms with van der Waals surface area (Å²) in [6.07, 6.45) is 7.09. The summed E-state index contributed by atoms with van der Waals surface area (Å²) >= 11 is 0. The zero-order valence-electron chi connectivity index (χ0n) is 16.6. The second-order valence-corrected chi connectivity index (χ2v) is 7.34. The predicted molar refractivity (Wildman–Crippen MR) is 113 cm³/mol. The Kier molecular flexibility index (Phi) is 4.91. The Morgan fingerprint density at radius 2 is 1.94 bits per heavy atom. The third-order valence-electron chi connectivity index (χ3n) is 5.31. The highest BCUT2D eigenvalue weighted by atomic mass is 16.2. The van der Waals surface area contributed by atoms with Gasteiger partial charge < -0.3 is 5.32 Å². The molecule has 154 valence electrons. The zero-order valence-corrected chi connectivity index (χ0v) is 16.6. The minimum atomic E-state index is -0.407. The lowest BCUT2D eigenvalue weighted by atomic mass is 10.1. The highest BCUT2D eigenvalue weighted by Gasteiger charge is 2.25. The standard InChI is InChI=1S/C22H19N7O2/c30-20-12-19(15-8-10-23-13-25-15)27-21-17(4-1-2-11-29(20)21)28-22(31)18-7-6-14-16(26-18)5-3-9-24-14/h3,5-10,12-13,17H,1-2,4,11H2,(H,28,31). The molecule has 5 rings (SSSR count). The van der Waals surface area contributed by atoms with Gasteiger partial charge in [-0.15, -0.1) is 0 Å². The van der Waals surface area contributed by atoms with E-state index < -0.39 is 6.04 Å². The van der Waals surface area contributed by atoms with Crippen molar-refractivity contribution in [3.8, 4) is 11.4 Å². The second kappa shape index (κ2) is 8.02. The van der Waals surface area contributed by atoms with Crippen LogP contribution in [0.2, 0.25) is 0 Å². The Morgan fingerprint density at radius 1 is 1.00 bits per heavy atom. The van der Waals surface area contributed by atoms with Gasteiger partial charge in [0.1, 0.15) is 17.8 Å². The number of amides is 1. The van der Waals surface area contributed by atoms with Gasteiger partial charge in [0.25, 0.3) is 11.5 Å². The third kappa shape index (κ3) is 3.77. The summed E-state index contributed by atoms with van der Waals surface area (Å²) in [5.74, 6) is 0.223. The Bertz CT molecular complexity index is 1320. The maximum atomic E-state index is 13.0. The molecule has 1 aliphatic heterocycles. The SMILES string of the molecule is O=C(NC1CCCCn2c1nc(-c1ccncn1)cc2=O)c1ccc2ncccc2n1. The molecule has 31 heavy (non-hydrogen) atoms. The largest absolute Gasteiger partial charge is 0.341 e. The average Bonchev–Trinajstić information content (AvgIpc) is 3.02. The zero-order chi connectivity index (χ0) is 21.2. The fraction of sp³-hybridized carbons (Fsp3) is 0.227. The minimum absolute atomic E-state index is 0.158. The number of aromatic nitrogens is 6. The highest BCUT2D eigenvalue weighted by Crippen LogP contribution is 2.24. The number of nitrogens with zero attached hydrogens (tertiary/aromatic N) is 6. The third-order valence-corrected chi connectivity index (χ3v) is 5.31. The van der Waals surface area contributed by atoms with Gasteiger partial charge >= 0.3 is 0 Å². The van der Waals surface area contributed by atoms with E-state index in [1.165, 1.54) is 12.4 Å². The number of pyridine rings is 2. The molecule has 1 unspecified atom stereocenters. The summed E-state index contributed by atoms with van der Waals surface area (Å²) in [4.78, 5) is 47.3. The van der Waals surface area contributed by atoms with Gasteiger partial charge in [0.05, 0.1) is 28.5 Å². The normalized spacial score (nSPS) is 15.8. The summed E-state index contributed by atoms with van der Waals surface area (Å²) in [6.45, 7) is 0.567. The van der Waals surface area contributed by atoms with E-state index in [4.69, 9.17) is 4.98 Å². The van der Waals surface area contributed by atoms with Gasteiger partial charge in [-0.05, 0) is 49.6 Å². The molecule has 1 amide bonds. The van der Waals surface area contributed by atoms with Gasteiger partial charge in [0, 0.05) is 25.0 Å². The van der Waals surface area contributed by atoms with Crippen molar-refractivity contribution in [2.45, 2.75) is 31.8 Å². The van der Waals surface area contributed by atoms with Crippen LogP contribution in [0, 0.1) is 0 Å². The van der Waals surface area contributed by atoms with Crippen molar-refractivity contribution in [3.63, 3.8) is 0 Å². The summed E-state index contributed by atoms with van der Waals surface area (Å²) in [7, 11) is 0. The van der Waals surface area contributed by atoms with E-state index in [1.807, 2.05) is 6.07 Å². The van der Waals surface area contributed by atoms with E-state index in [1.54, 1.807) is 41.2 Å². The fourth-order valence-corrected chi connectivity index (χ4v) is 3.79. The molecule has 0 fully saturated rings. The van der Waals surface area contributed by atoms with Crippen molar-refractivity contribution < 1.29 is 4.79 Å². The molecule has 4 aromatic heterocycles. The van der Waals surface area contributed by atoms with E-state index in [0.717, 1.165) is 18.4 Å². The monoisotopic (exact) mass is 413 g/mol. The lowest BCUT2D eigenvalue weighted by molar-refractivity contribution is 0.0927. The van der Waals surface area contributed by atoms with E-state index >= 15 is 0 Å². The topological polar surface area (TPSA) is 116 Å². The van der Waals surface area contributed by atoms with Crippen molar-refractivity contribution in [1.82, 2.24) is 34.8 Å². The number of rotatable bonds is 3. The maximum absolute atomic E-state index is 13.0. The van der Waals surface area contributed by atoms with Gasteiger partial charge in [0.15, 0.2) is 0 Å². The quantitative estimate of drug-likeness (QED) is 0.548. The molecule has 0 aliphatic carbocycles. The number of carbonyl (C=O) groups excluding carboxylic acids is 1. The summed E-state index contributed by atoms with van der Waals surface area (Å²) in [5.41, 5.74) is 2.54. The first-order chi connectivity index (χ1) is 15.2. The molecule has 9 nitrogen and oxygen atoms in total. The molecule has 0 radical (unpaired) electrons. The molecule has 0 saturated carbocycles. The van der Waals surface area contributed by atoms with Crippen LogP contribution >= 0.6 is 0 Å². The molecule has 0 aromatic carbocycles. The van der Waals surface area contributed by atoms with Crippen molar-refractivity contribution >= 4 is 16.9 Å². The lowest BCUT2D eigenvalue weighted by Gasteiger charge is -2.19. The molecule has 4 aromatic rings. The van der Waals surface area contributed by atoms with Crippen LogP contribution in [0.25, 0.3) is 22.4 Å². The molecular formula is C22H19N7O2. The number of fused-ring (bicyclic) bond motifs is 2. The van der Waals surface area contributed by atoms with Crippen LogP contribution in [0.1, 0.15) is 41.6 Å². The molecular weight excluding hydrogens is 394 g/mol. The van der Waals surface area contributed by atoms with Gasteiger partial charge in [0.2, 0.25) is 0 Å². The summed E-state index contributed by atoms with van der Waals surface area (Å²) in [5, 5.41) is 3.03. The second-order valence-electron chi connectivity index (χ2n) is 7.34. The molecule has 5 heterocycles. The molecule has 0 saturated heterocycles. The molecule has 1 aliphatic rings. The van der Waals surface area contributed by atoms with Crippen LogP contribution < -0.4 is 10.9 Å². The van der Waals surface area contributed by atoms with Crippen LogP contribution in [0.5, 0.6) is 0 Å². The first-order valence-corrected chi connectivity index (χ1v) is 10.1. The van der Waals surface area contributed by atoms with Crippen LogP contribution in [-0.2, 0) is 6.54 Å². The van der Waals surface area contributed by atoms with Crippen molar-refractivity contribution in [2.24, 2.45) is 0 Å². The maximum Gasteiger partial charge on any atom is 0.270 e. The van der Waals surface area contributed by atoms with Crippen LogP contribution in [0.3, 0.4) is 0 Å².